The number of fused-ring (bicyclic) bond motifs is 1. The number of alkyl halides is 3. The minimum atomic E-state index is -5.35. The zero-order valence-electron chi connectivity index (χ0n) is 18.2. The molecule has 3 heterocycles. The molecule has 2 aromatic carbocycles. The van der Waals surface area contributed by atoms with Crippen molar-refractivity contribution >= 4 is 44.0 Å². The van der Waals surface area contributed by atoms with Gasteiger partial charge in [-0.05, 0) is 54.8 Å². The van der Waals surface area contributed by atoms with Gasteiger partial charge in [0, 0.05) is 47.7 Å². The van der Waals surface area contributed by atoms with Gasteiger partial charge in [0.25, 0.3) is 0 Å². The van der Waals surface area contributed by atoms with Crippen LogP contribution in [0.1, 0.15) is 29.5 Å². The van der Waals surface area contributed by atoms with Crippen molar-refractivity contribution in [3.63, 3.8) is 0 Å². The Balaban J connectivity index is 1.54. The quantitative estimate of drug-likeness (QED) is 0.316. The number of sulfonamides is 1. The Morgan fingerprint density at radius 2 is 1.80 bits per heavy atom. The molecule has 0 radical (unpaired) electrons. The Hall–Kier alpha value is -2.47. The number of piperidine rings is 1. The van der Waals surface area contributed by atoms with Gasteiger partial charge in [0.05, 0.1) is 16.0 Å². The summed E-state index contributed by atoms with van der Waals surface area (Å²) in [6.07, 6.45) is 2.87. The Morgan fingerprint density at radius 3 is 2.43 bits per heavy atom. The number of thiazole rings is 1. The van der Waals surface area contributed by atoms with Crippen LogP contribution in [0, 0.1) is 0 Å². The minimum Gasteiger partial charge on any atom is -0.321 e. The highest BCUT2D eigenvalue weighted by Gasteiger charge is 2.50. The first-order valence-electron chi connectivity index (χ1n) is 10.8. The molecule has 0 bridgehead atoms. The Morgan fingerprint density at radius 1 is 1.09 bits per heavy atom. The highest BCUT2D eigenvalue weighted by atomic mass is 35.5. The van der Waals surface area contributed by atoms with Crippen molar-refractivity contribution in [3.05, 3.63) is 69.6 Å². The van der Waals surface area contributed by atoms with E-state index in [0.717, 1.165) is 27.2 Å². The largest absolute Gasteiger partial charge is 0.511 e. The van der Waals surface area contributed by atoms with Crippen LogP contribution in [0.4, 0.5) is 13.2 Å². The molecule has 1 aliphatic rings. The lowest BCUT2D eigenvalue weighted by Crippen LogP contribution is -2.45. The fourth-order valence-corrected chi connectivity index (χ4v) is 6.18. The van der Waals surface area contributed by atoms with Crippen LogP contribution in [-0.2, 0) is 16.4 Å². The smallest absolute Gasteiger partial charge is 0.321 e. The molecule has 1 fully saturated rings. The maximum atomic E-state index is 13.1. The second kappa shape index (κ2) is 9.20. The molecule has 0 amide bonds. The molecule has 6 nitrogen and oxygen atoms in total. The monoisotopic (exact) mass is 540 g/mol. The van der Waals surface area contributed by atoms with E-state index in [9.17, 15) is 21.6 Å². The normalized spacial score (nSPS) is 16.2. The number of rotatable bonds is 5. The SMILES string of the molecule is O=S(=O)(N1CCC(n2c(-c3ccc(Cl)cc3)nc3ccc(Cc4nccs4)cc32)CC1)C(F)(F)F. The molecule has 0 aliphatic carbocycles. The summed E-state index contributed by atoms with van der Waals surface area (Å²) in [5.41, 5.74) is -1.85. The predicted molar refractivity (Wildman–Crippen MR) is 130 cm³/mol. The molecule has 184 valence electrons. The van der Waals surface area contributed by atoms with E-state index in [0.29, 0.717) is 21.6 Å². The third-order valence-electron chi connectivity index (χ3n) is 6.12. The van der Waals surface area contributed by atoms with Crippen LogP contribution in [-0.4, -0.2) is 45.9 Å². The van der Waals surface area contributed by atoms with Gasteiger partial charge in [-0.1, -0.05) is 17.7 Å². The second-order valence-electron chi connectivity index (χ2n) is 8.32. The number of hydrogen-bond donors (Lipinski definition) is 0. The summed E-state index contributed by atoms with van der Waals surface area (Å²) in [4.78, 5) is 9.17. The Labute approximate surface area is 209 Å². The van der Waals surface area contributed by atoms with Gasteiger partial charge in [-0.3, -0.25) is 0 Å². The third kappa shape index (κ3) is 4.69. The van der Waals surface area contributed by atoms with Crippen LogP contribution in [0.15, 0.2) is 54.0 Å². The van der Waals surface area contributed by atoms with Gasteiger partial charge in [-0.15, -0.1) is 11.3 Å². The number of hydrogen-bond acceptors (Lipinski definition) is 5. The molecular formula is C23H20ClF3N4O2S2. The summed E-state index contributed by atoms with van der Waals surface area (Å²) in [6, 6.07) is 12.9. The van der Waals surface area contributed by atoms with E-state index in [1.807, 2.05) is 40.3 Å². The van der Waals surface area contributed by atoms with Crippen molar-refractivity contribution in [3.8, 4) is 11.4 Å². The summed E-state index contributed by atoms with van der Waals surface area (Å²) in [5, 5.41) is 3.46. The van der Waals surface area contributed by atoms with Crippen LogP contribution in [0.25, 0.3) is 22.4 Å². The topological polar surface area (TPSA) is 68.1 Å². The molecule has 12 heteroatoms. The molecule has 0 unspecified atom stereocenters. The lowest BCUT2D eigenvalue weighted by molar-refractivity contribution is -0.0496. The van der Waals surface area contributed by atoms with Crippen molar-refractivity contribution in [2.75, 3.05) is 13.1 Å². The van der Waals surface area contributed by atoms with Crippen molar-refractivity contribution in [2.45, 2.75) is 30.8 Å². The van der Waals surface area contributed by atoms with Gasteiger partial charge in [0.15, 0.2) is 0 Å². The molecular weight excluding hydrogens is 521 g/mol. The van der Waals surface area contributed by atoms with Gasteiger partial charge in [-0.2, -0.15) is 17.5 Å². The molecule has 2 aromatic heterocycles. The number of imidazole rings is 1. The van der Waals surface area contributed by atoms with Crippen molar-refractivity contribution in [1.82, 2.24) is 18.8 Å². The molecule has 0 atom stereocenters. The average molecular weight is 541 g/mol. The fourth-order valence-electron chi connectivity index (χ4n) is 4.42. The first-order valence-corrected chi connectivity index (χ1v) is 13.5. The standard InChI is InChI=1S/C23H20ClF3N4O2S2/c24-17-4-2-16(3-5-17)22-29-19-6-1-15(14-21-28-9-12-34-21)13-20(19)31(22)18-7-10-30(11-8-18)35(32,33)23(25,26)27/h1-6,9,12-13,18H,7-8,10-11,14H2. The average Bonchev–Trinajstić information content (AvgIpc) is 3.46. The van der Waals surface area contributed by atoms with Crippen LogP contribution in [0.5, 0.6) is 0 Å². The van der Waals surface area contributed by atoms with E-state index in [1.54, 1.807) is 29.7 Å². The number of nitrogens with zero attached hydrogens (tertiary/aromatic N) is 4. The molecule has 1 aliphatic heterocycles. The predicted octanol–water partition coefficient (Wildman–Crippen LogP) is 5.89. The van der Waals surface area contributed by atoms with Crippen LogP contribution in [0.2, 0.25) is 5.02 Å². The highest BCUT2D eigenvalue weighted by Crippen LogP contribution is 2.37. The lowest BCUT2D eigenvalue weighted by atomic mass is 10.0. The number of halogens is 4. The lowest BCUT2D eigenvalue weighted by Gasteiger charge is -2.33. The van der Waals surface area contributed by atoms with E-state index in [1.165, 1.54) is 0 Å². The molecule has 0 N–H and O–H groups in total. The van der Waals surface area contributed by atoms with Crippen molar-refractivity contribution < 1.29 is 21.6 Å². The summed E-state index contributed by atoms with van der Waals surface area (Å²) in [7, 11) is -5.35. The molecule has 1 saturated heterocycles. The molecule has 0 saturated carbocycles. The van der Waals surface area contributed by atoms with Crippen molar-refractivity contribution in [1.29, 1.82) is 0 Å². The highest BCUT2D eigenvalue weighted by molar-refractivity contribution is 7.90. The van der Waals surface area contributed by atoms with Gasteiger partial charge in [-0.25, -0.2) is 18.4 Å². The first-order chi connectivity index (χ1) is 16.6. The van der Waals surface area contributed by atoms with E-state index >= 15 is 0 Å². The molecule has 0 spiro atoms. The van der Waals surface area contributed by atoms with Gasteiger partial charge >= 0.3 is 15.5 Å². The molecule has 4 aromatic rings. The summed E-state index contributed by atoms with van der Waals surface area (Å²) < 4.78 is 65.5. The molecule has 5 rings (SSSR count). The summed E-state index contributed by atoms with van der Waals surface area (Å²) in [5.74, 6) is 0.667. The minimum absolute atomic E-state index is 0.217. The zero-order chi connectivity index (χ0) is 24.8. The van der Waals surface area contributed by atoms with E-state index < -0.39 is 15.5 Å². The summed E-state index contributed by atoms with van der Waals surface area (Å²) >= 11 is 7.63. The molecule has 35 heavy (non-hydrogen) atoms. The van der Waals surface area contributed by atoms with Crippen LogP contribution in [0.3, 0.4) is 0 Å². The second-order valence-corrected chi connectivity index (χ2v) is 11.7. The Bertz CT molecular complexity index is 1440. The first kappa shape index (κ1) is 24.2. The van der Waals surface area contributed by atoms with Gasteiger partial charge in [0.2, 0.25) is 0 Å². The number of aromatic nitrogens is 3. The van der Waals surface area contributed by atoms with Crippen LogP contribution >= 0.6 is 22.9 Å². The number of benzene rings is 2. The Kier molecular flexibility index (Phi) is 6.37. The van der Waals surface area contributed by atoms with Crippen LogP contribution < -0.4 is 0 Å². The van der Waals surface area contributed by atoms with Gasteiger partial charge < -0.3 is 4.57 Å². The van der Waals surface area contributed by atoms with Gasteiger partial charge in [0.1, 0.15) is 5.82 Å². The third-order valence-corrected chi connectivity index (χ3v) is 8.78. The van der Waals surface area contributed by atoms with Crippen molar-refractivity contribution in [2.24, 2.45) is 0 Å². The van der Waals surface area contributed by atoms with E-state index in [-0.39, 0.29) is 32.0 Å². The van der Waals surface area contributed by atoms with E-state index in [4.69, 9.17) is 16.6 Å². The summed E-state index contributed by atoms with van der Waals surface area (Å²) in [6.45, 7) is -0.434. The fraction of sp³-hybridized carbons (Fsp3) is 0.304. The maximum Gasteiger partial charge on any atom is 0.511 e. The zero-order valence-corrected chi connectivity index (χ0v) is 20.6. The maximum absolute atomic E-state index is 13.1. The van der Waals surface area contributed by atoms with E-state index in [2.05, 4.69) is 4.98 Å².